The molecule has 0 aliphatic rings. The molecular formula is C29H37ClN6O6S. The zero-order chi connectivity index (χ0) is 30.6. The molecule has 232 valence electrons. The summed E-state index contributed by atoms with van der Waals surface area (Å²) in [5.74, 6) is -3.51. The summed E-state index contributed by atoms with van der Waals surface area (Å²) in [6.07, 6.45) is 3.33. The molecule has 0 saturated carbocycles. The van der Waals surface area contributed by atoms with Gasteiger partial charge in [-0.1, -0.05) is 36.4 Å². The normalized spacial score (nSPS) is 13.5. The number of benzene rings is 2. The summed E-state index contributed by atoms with van der Waals surface area (Å²) in [5.41, 5.74) is 8.47. The maximum atomic E-state index is 13.2. The number of carbonyl (C=O) groups excluding carboxylic acids is 4. The van der Waals surface area contributed by atoms with Gasteiger partial charge < -0.3 is 37.1 Å². The molecule has 0 aliphatic carbocycles. The quantitative estimate of drug-likeness (QED) is 0.132. The van der Waals surface area contributed by atoms with Crippen molar-refractivity contribution in [2.75, 3.05) is 17.3 Å². The number of para-hydroxylation sites is 2. The summed E-state index contributed by atoms with van der Waals surface area (Å²) in [7, 11) is 0. The van der Waals surface area contributed by atoms with Crippen LogP contribution in [0.25, 0.3) is 10.9 Å². The monoisotopic (exact) mass is 632 g/mol. The van der Waals surface area contributed by atoms with Gasteiger partial charge >= 0.3 is 5.97 Å². The van der Waals surface area contributed by atoms with Gasteiger partial charge in [-0.15, -0.1) is 12.4 Å². The fourth-order valence-electron chi connectivity index (χ4n) is 4.22. The van der Waals surface area contributed by atoms with Gasteiger partial charge in [-0.25, -0.2) is 0 Å². The number of anilines is 1. The van der Waals surface area contributed by atoms with E-state index >= 15 is 0 Å². The van der Waals surface area contributed by atoms with Gasteiger partial charge in [0.05, 0.1) is 12.5 Å². The van der Waals surface area contributed by atoms with Crippen LogP contribution in [-0.2, 0) is 30.4 Å². The second kappa shape index (κ2) is 17.1. The van der Waals surface area contributed by atoms with Crippen LogP contribution in [0.5, 0.6) is 0 Å². The van der Waals surface area contributed by atoms with E-state index in [2.05, 4.69) is 26.3 Å². The Hall–Kier alpha value is -4.07. The molecular weight excluding hydrogens is 596 g/mol. The number of H-pyrrole nitrogens is 1. The smallest absolute Gasteiger partial charge is 0.305 e. The summed E-state index contributed by atoms with van der Waals surface area (Å²) in [5, 5.41) is 20.5. The van der Waals surface area contributed by atoms with Crippen molar-refractivity contribution >= 4 is 70.4 Å². The molecule has 4 amide bonds. The second-order valence-electron chi connectivity index (χ2n) is 9.76. The lowest BCUT2D eigenvalue weighted by Crippen LogP contribution is -2.57. The molecule has 0 saturated heterocycles. The molecule has 2 aromatic carbocycles. The summed E-state index contributed by atoms with van der Waals surface area (Å²) in [6, 6.07) is 11.7. The Balaban J connectivity index is 0.00000645. The van der Waals surface area contributed by atoms with E-state index in [0.29, 0.717) is 11.4 Å². The third-order valence-electron chi connectivity index (χ3n) is 6.50. The fourth-order valence-corrected chi connectivity index (χ4v) is 4.69. The van der Waals surface area contributed by atoms with Crippen LogP contribution in [0.15, 0.2) is 60.8 Å². The molecule has 8 N–H and O–H groups in total. The molecule has 3 aromatic rings. The predicted molar refractivity (Wildman–Crippen MR) is 169 cm³/mol. The zero-order valence-electron chi connectivity index (χ0n) is 23.8. The standard InChI is InChI=1S/C29H36N6O6S.ClH/c1-17(26(38)33-19-8-4-3-5-9-19)32-29(41)24(15-25(36)37)35-28(40)23(12-13-42-2)34-27(39)21(30)14-18-16-31-22-11-7-6-10-20(18)22;/h3-11,16-17,21,23-24,31H,12-15,30H2,1-2H3,(H,32,41)(H,33,38)(H,34,39)(H,35,40)(H,36,37);1H/t17-,21-,23-,24-;/m0./s1. The van der Waals surface area contributed by atoms with Gasteiger partial charge in [0.1, 0.15) is 18.1 Å². The van der Waals surface area contributed by atoms with Crippen LogP contribution in [0.2, 0.25) is 0 Å². The highest BCUT2D eigenvalue weighted by Gasteiger charge is 2.31. The molecule has 0 spiro atoms. The van der Waals surface area contributed by atoms with Crippen molar-refractivity contribution in [2.45, 2.75) is 50.4 Å². The lowest BCUT2D eigenvalue weighted by molar-refractivity contribution is -0.141. The number of amides is 4. The highest BCUT2D eigenvalue weighted by molar-refractivity contribution is 7.98. The van der Waals surface area contributed by atoms with Crippen molar-refractivity contribution in [3.05, 3.63) is 66.4 Å². The molecule has 0 fully saturated rings. The van der Waals surface area contributed by atoms with Gasteiger partial charge in [0.15, 0.2) is 0 Å². The predicted octanol–water partition coefficient (Wildman–Crippen LogP) is 1.80. The number of carbonyl (C=O) groups is 5. The Morgan fingerprint density at radius 1 is 0.884 bits per heavy atom. The fraction of sp³-hybridized carbons (Fsp3) is 0.345. The van der Waals surface area contributed by atoms with E-state index in [9.17, 15) is 29.1 Å². The molecule has 1 aromatic heterocycles. The number of hydrogen-bond acceptors (Lipinski definition) is 7. The lowest BCUT2D eigenvalue weighted by Gasteiger charge is -2.24. The van der Waals surface area contributed by atoms with Gasteiger partial charge in [0, 0.05) is 22.8 Å². The first-order valence-electron chi connectivity index (χ1n) is 13.4. The summed E-state index contributed by atoms with van der Waals surface area (Å²) in [6.45, 7) is 1.44. The minimum atomic E-state index is -1.49. The van der Waals surface area contributed by atoms with Gasteiger partial charge in [0.25, 0.3) is 0 Å². The highest BCUT2D eigenvalue weighted by atomic mass is 35.5. The molecule has 0 aliphatic heterocycles. The van der Waals surface area contributed by atoms with Crippen LogP contribution in [0.4, 0.5) is 5.69 Å². The maximum Gasteiger partial charge on any atom is 0.305 e. The number of halogens is 1. The van der Waals surface area contributed by atoms with Crippen molar-refractivity contribution < 1.29 is 29.1 Å². The maximum absolute atomic E-state index is 13.2. The van der Waals surface area contributed by atoms with E-state index in [1.165, 1.54) is 18.7 Å². The van der Waals surface area contributed by atoms with Gasteiger partial charge in [-0.3, -0.25) is 24.0 Å². The topological polar surface area (TPSA) is 196 Å². The number of carboxylic acids is 1. The number of nitrogens with one attached hydrogen (secondary N) is 5. The van der Waals surface area contributed by atoms with Crippen LogP contribution in [0.3, 0.4) is 0 Å². The van der Waals surface area contributed by atoms with E-state index in [4.69, 9.17) is 5.73 Å². The average molecular weight is 633 g/mol. The van der Waals surface area contributed by atoms with E-state index in [-0.39, 0.29) is 25.2 Å². The average Bonchev–Trinajstić information content (AvgIpc) is 3.37. The van der Waals surface area contributed by atoms with Gasteiger partial charge in [-0.2, -0.15) is 11.8 Å². The number of hydrogen-bond donors (Lipinski definition) is 7. The second-order valence-corrected chi connectivity index (χ2v) is 10.7. The van der Waals surface area contributed by atoms with Crippen molar-refractivity contribution in [1.82, 2.24) is 20.9 Å². The lowest BCUT2D eigenvalue weighted by atomic mass is 10.0. The Labute approximate surface area is 259 Å². The third-order valence-corrected chi connectivity index (χ3v) is 7.14. The molecule has 1 heterocycles. The van der Waals surface area contributed by atoms with Crippen molar-refractivity contribution in [2.24, 2.45) is 5.73 Å². The molecule has 0 bridgehead atoms. The number of aromatic nitrogens is 1. The Kier molecular flexibility index (Phi) is 14.0. The Morgan fingerprint density at radius 3 is 2.19 bits per heavy atom. The number of fused-ring (bicyclic) bond motifs is 1. The first-order chi connectivity index (χ1) is 20.1. The molecule has 0 unspecified atom stereocenters. The molecule has 4 atom stereocenters. The SMILES string of the molecule is CSCC[C@H](NC(=O)[C@@H](N)Cc1c[nH]c2ccccc12)C(=O)N[C@@H](CC(=O)O)C(=O)N[C@@H](C)C(=O)Nc1ccccc1.Cl. The first-order valence-corrected chi connectivity index (χ1v) is 14.8. The van der Waals surface area contributed by atoms with E-state index in [1.54, 1.807) is 36.5 Å². The zero-order valence-corrected chi connectivity index (χ0v) is 25.4. The molecule has 0 radical (unpaired) electrons. The van der Waals surface area contributed by atoms with Gasteiger partial charge in [-0.05, 0) is 55.5 Å². The number of thioether (sulfide) groups is 1. The molecule has 3 rings (SSSR count). The minimum Gasteiger partial charge on any atom is -0.481 e. The van der Waals surface area contributed by atoms with E-state index in [0.717, 1.165) is 16.5 Å². The summed E-state index contributed by atoms with van der Waals surface area (Å²) in [4.78, 5) is 66.3. The van der Waals surface area contributed by atoms with Crippen LogP contribution >= 0.6 is 24.2 Å². The highest BCUT2D eigenvalue weighted by Crippen LogP contribution is 2.19. The van der Waals surface area contributed by atoms with Crippen LogP contribution in [0.1, 0.15) is 25.3 Å². The number of nitrogens with two attached hydrogens (primary N) is 1. The largest absolute Gasteiger partial charge is 0.481 e. The number of aromatic amines is 1. The first kappa shape index (κ1) is 35.1. The van der Waals surface area contributed by atoms with Crippen molar-refractivity contribution in [3.8, 4) is 0 Å². The van der Waals surface area contributed by atoms with Crippen molar-refractivity contribution in [3.63, 3.8) is 0 Å². The third kappa shape index (κ3) is 10.6. The van der Waals surface area contributed by atoms with Crippen LogP contribution in [-0.4, -0.2) is 75.9 Å². The van der Waals surface area contributed by atoms with Gasteiger partial charge in [0.2, 0.25) is 23.6 Å². The summed E-state index contributed by atoms with van der Waals surface area (Å²) >= 11 is 1.45. The van der Waals surface area contributed by atoms with Crippen molar-refractivity contribution in [1.29, 1.82) is 0 Å². The van der Waals surface area contributed by atoms with E-state index in [1.807, 2.05) is 30.5 Å². The number of aliphatic carboxylic acids is 1. The minimum absolute atomic E-state index is 0. The number of carboxylic acid groups (broad SMARTS) is 1. The van der Waals surface area contributed by atoms with E-state index < -0.39 is 60.2 Å². The molecule has 12 nitrogen and oxygen atoms in total. The number of rotatable bonds is 15. The molecule has 14 heteroatoms. The Morgan fingerprint density at radius 2 is 1.51 bits per heavy atom. The van der Waals surface area contributed by atoms with Crippen LogP contribution < -0.4 is 27.0 Å². The van der Waals surface area contributed by atoms with Crippen LogP contribution in [0, 0.1) is 0 Å². The molecule has 43 heavy (non-hydrogen) atoms. The summed E-state index contributed by atoms with van der Waals surface area (Å²) < 4.78 is 0. The Bertz CT molecular complexity index is 1400.